The van der Waals surface area contributed by atoms with Gasteiger partial charge in [-0.1, -0.05) is 24.3 Å². The molecule has 1 aliphatic rings. The number of para-hydroxylation sites is 2. The van der Waals surface area contributed by atoms with E-state index < -0.39 is 0 Å². The van der Waals surface area contributed by atoms with Crippen molar-refractivity contribution in [3.63, 3.8) is 0 Å². The van der Waals surface area contributed by atoms with Crippen molar-refractivity contribution in [3.8, 4) is 5.75 Å². The second-order valence-corrected chi connectivity index (χ2v) is 5.30. The van der Waals surface area contributed by atoms with Crippen LogP contribution in [0, 0.1) is 0 Å². The van der Waals surface area contributed by atoms with Gasteiger partial charge in [0.15, 0.2) is 0 Å². The molecule has 0 amide bonds. The van der Waals surface area contributed by atoms with E-state index in [-0.39, 0.29) is 0 Å². The molecule has 1 heterocycles. The zero-order chi connectivity index (χ0) is 13.9. The van der Waals surface area contributed by atoms with E-state index in [2.05, 4.69) is 54.0 Å². The minimum Gasteiger partial charge on any atom is -0.497 e. The van der Waals surface area contributed by atoms with Gasteiger partial charge in [-0.15, -0.1) is 0 Å². The van der Waals surface area contributed by atoms with Crippen molar-refractivity contribution in [3.05, 3.63) is 54.1 Å². The van der Waals surface area contributed by atoms with Gasteiger partial charge in [0.05, 0.1) is 24.5 Å². The Bertz CT molecular complexity index is 580. The fraction of sp³-hybridized carbons (Fsp3) is 0.294. The molecular weight excluding hydrogens is 248 g/mol. The summed E-state index contributed by atoms with van der Waals surface area (Å²) in [6.07, 6.45) is 1.04. The van der Waals surface area contributed by atoms with Gasteiger partial charge in [-0.05, 0) is 43.2 Å². The number of methoxy groups -OCH3 is 1. The van der Waals surface area contributed by atoms with E-state index in [1.165, 1.54) is 11.3 Å². The van der Waals surface area contributed by atoms with Gasteiger partial charge >= 0.3 is 0 Å². The second kappa shape index (κ2) is 5.45. The molecule has 3 nitrogen and oxygen atoms in total. The Morgan fingerprint density at radius 2 is 1.60 bits per heavy atom. The molecule has 2 aromatic carbocycles. The number of hydrogen-bond acceptors (Lipinski definition) is 3. The van der Waals surface area contributed by atoms with Gasteiger partial charge in [0.1, 0.15) is 5.75 Å². The molecule has 0 saturated carbocycles. The summed E-state index contributed by atoms with van der Waals surface area (Å²) in [5.41, 5.74) is 3.63. The van der Waals surface area contributed by atoms with Crippen LogP contribution >= 0.6 is 0 Å². The molecule has 20 heavy (non-hydrogen) atoms. The van der Waals surface area contributed by atoms with Gasteiger partial charge in [0.2, 0.25) is 0 Å². The number of hydrogen-bond donors (Lipinski definition) is 2. The van der Waals surface area contributed by atoms with Crippen LogP contribution < -0.4 is 15.4 Å². The molecule has 0 fully saturated rings. The van der Waals surface area contributed by atoms with E-state index in [9.17, 15) is 0 Å². The molecule has 0 aromatic heterocycles. The van der Waals surface area contributed by atoms with E-state index in [0.29, 0.717) is 12.1 Å². The first kappa shape index (κ1) is 12.9. The zero-order valence-corrected chi connectivity index (χ0v) is 11.9. The summed E-state index contributed by atoms with van der Waals surface area (Å²) >= 11 is 0. The summed E-state index contributed by atoms with van der Waals surface area (Å²) in [4.78, 5) is 0. The minimum atomic E-state index is 0.312. The van der Waals surface area contributed by atoms with E-state index in [0.717, 1.165) is 17.9 Å². The number of rotatable bonds is 2. The molecule has 2 unspecified atom stereocenters. The van der Waals surface area contributed by atoms with Crippen LogP contribution in [0.2, 0.25) is 0 Å². The van der Waals surface area contributed by atoms with Crippen molar-refractivity contribution in [2.24, 2.45) is 0 Å². The maximum atomic E-state index is 5.23. The summed E-state index contributed by atoms with van der Waals surface area (Å²) in [7, 11) is 1.70. The van der Waals surface area contributed by atoms with Gasteiger partial charge in [0.25, 0.3) is 0 Å². The standard InChI is InChI=1S/C17H20N2O/c1-12-11-17(13-7-9-14(20-2)10-8-13)19-16-6-4-3-5-15(16)18-12/h3-10,12,17-19H,11H2,1-2H3. The number of benzene rings is 2. The third-order valence-electron chi connectivity index (χ3n) is 3.77. The van der Waals surface area contributed by atoms with Crippen LogP contribution in [0.1, 0.15) is 24.9 Å². The molecular formula is C17H20N2O. The summed E-state index contributed by atoms with van der Waals surface area (Å²) in [6.45, 7) is 2.22. The molecule has 2 N–H and O–H groups in total. The molecule has 0 spiro atoms. The molecule has 0 radical (unpaired) electrons. The predicted octanol–water partition coefficient (Wildman–Crippen LogP) is 4.05. The monoisotopic (exact) mass is 268 g/mol. The zero-order valence-electron chi connectivity index (χ0n) is 11.9. The van der Waals surface area contributed by atoms with Crippen molar-refractivity contribution in [1.29, 1.82) is 0 Å². The van der Waals surface area contributed by atoms with Crippen molar-refractivity contribution >= 4 is 11.4 Å². The molecule has 1 aliphatic heterocycles. The van der Waals surface area contributed by atoms with Gasteiger partial charge in [0, 0.05) is 6.04 Å². The molecule has 104 valence electrons. The van der Waals surface area contributed by atoms with Crippen LogP contribution in [0.3, 0.4) is 0 Å². The summed E-state index contributed by atoms with van der Waals surface area (Å²) in [5.74, 6) is 0.897. The Morgan fingerprint density at radius 1 is 0.950 bits per heavy atom. The SMILES string of the molecule is COc1ccc(C2CC(C)Nc3ccccc3N2)cc1. The van der Waals surface area contributed by atoms with Gasteiger partial charge in [-0.3, -0.25) is 0 Å². The normalized spacial score (nSPS) is 21.1. The average Bonchev–Trinajstić information content (AvgIpc) is 2.65. The van der Waals surface area contributed by atoms with Crippen LogP contribution in [0.4, 0.5) is 11.4 Å². The fourth-order valence-corrected chi connectivity index (χ4v) is 2.72. The van der Waals surface area contributed by atoms with E-state index in [1.54, 1.807) is 7.11 Å². The van der Waals surface area contributed by atoms with Crippen LogP contribution in [-0.4, -0.2) is 13.2 Å². The minimum absolute atomic E-state index is 0.312. The highest BCUT2D eigenvalue weighted by Crippen LogP contribution is 2.33. The third kappa shape index (κ3) is 2.57. The average molecular weight is 268 g/mol. The Hall–Kier alpha value is -2.16. The van der Waals surface area contributed by atoms with Crippen molar-refractivity contribution in [1.82, 2.24) is 0 Å². The Morgan fingerprint density at radius 3 is 2.25 bits per heavy atom. The Balaban J connectivity index is 1.89. The van der Waals surface area contributed by atoms with Crippen LogP contribution in [0.15, 0.2) is 48.5 Å². The number of nitrogens with one attached hydrogen (secondary N) is 2. The van der Waals surface area contributed by atoms with Crippen LogP contribution in [-0.2, 0) is 0 Å². The molecule has 0 bridgehead atoms. The van der Waals surface area contributed by atoms with E-state index >= 15 is 0 Å². The highest BCUT2D eigenvalue weighted by Gasteiger charge is 2.20. The van der Waals surface area contributed by atoms with Crippen LogP contribution in [0.5, 0.6) is 5.75 Å². The smallest absolute Gasteiger partial charge is 0.118 e. The first-order chi connectivity index (χ1) is 9.76. The van der Waals surface area contributed by atoms with Crippen molar-refractivity contribution in [2.75, 3.05) is 17.7 Å². The lowest BCUT2D eigenvalue weighted by atomic mass is 10.0. The van der Waals surface area contributed by atoms with E-state index in [1.807, 2.05) is 12.1 Å². The maximum Gasteiger partial charge on any atom is 0.118 e. The third-order valence-corrected chi connectivity index (χ3v) is 3.77. The first-order valence-electron chi connectivity index (χ1n) is 7.02. The largest absolute Gasteiger partial charge is 0.497 e. The predicted molar refractivity (Wildman–Crippen MR) is 83.5 cm³/mol. The van der Waals surface area contributed by atoms with Crippen molar-refractivity contribution in [2.45, 2.75) is 25.4 Å². The lowest BCUT2D eigenvalue weighted by Gasteiger charge is -2.20. The summed E-state index contributed by atoms with van der Waals surface area (Å²) in [5, 5.41) is 7.20. The topological polar surface area (TPSA) is 33.3 Å². The summed E-state index contributed by atoms with van der Waals surface area (Å²) < 4.78 is 5.23. The molecule has 3 heteroatoms. The molecule has 0 aliphatic carbocycles. The molecule has 0 saturated heterocycles. The van der Waals surface area contributed by atoms with Crippen LogP contribution in [0.25, 0.3) is 0 Å². The highest BCUT2D eigenvalue weighted by atomic mass is 16.5. The maximum absolute atomic E-state index is 5.23. The highest BCUT2D eigenvalue weighted by molar-refractivity contribution is 5.70. The Kier molecular flexibility index (Phi) is 3.50. The van der Waals surface area contributed by atoms with E-state index in [4.69, 9.17) is 4.74 Å². The number of fused-ring (bicyclic) bond motifs is 1. The molecule has 3 rings (SSSR count). The summed E-state index contributed by atoms with van der Waals surface area (Å²) in [6, 6.07) is 17.4. The number of ether oxygens (including phenoxy) is 1. The first-order valence-corrected chi connectivity index (χ1v) is 7.02. The number of anilines is 2. The molecule has 2 atom stereocenters. The van der Waals surface area contributed by atoms with Gasteiger partial charge < -0.3 is 15.4 Å². The second-order valence-electron chi connectivity index (χ2n) is 5.30. The van der Waals surface area contributed by atoms with Gasteiger partial charge in [-0.25, -0.2) is 0 Å². The van der Waals surface area contributed by atoms with Gasteiger partial charge in [-0.2, -0.15) is 0 Å². The lowest BCUT2D eigenvalue weighted by Crippen LogP contribution is -2.18. The Labute approximate surface area is 120 Å². The lowest BCUT2D eigenvalue weighted by molar-refractivity contribution is 0.414. The quantitative estimate of drug-likeness (QED) is 0.862. The fourth-order valence-electron chi connectivity index (χ4n) is 2.72. The van der Waals surface area contributed by atoms with Crippen molar-refractivity contribution < 1.29 is 4.74 Å². The molecule has 2 aromatic rings.